The smallest absolute Gasteiger partial charge is 0.0409 e. The second-order valence-electron chi connectivity index (χ2n) is 4.59. The van der Waals surface area contributed by atoms with Gasteiger partial charge in [-0.15, -0.1) is 12.4 Å². The lowest BCUT2D eigenvalue weighted by molar-refractivity contribution is 0.443. The van der Waals surface area contributed by atoms with Crippen molar-refractivity contribution >= 4 is 24.0 Å². The van der Waals surface area contributed by atoms with E-state index >= 15 is 0 Å². The molecule has 1 aromatic rings. The normalized spacial score (nSPS) is 16.6. The van der Waals surface area contributed by atoms with Crippen LogP contribution in [0, 0.1) is 5.41 Å². The molecule has 0 bridgehead atoms. The van der Waals surface area contributed by atoms with Crippen LogP contribution >= 0.6 is 24.0 Å². The molecule has 0 saturated heterocycles. The van der Waals surface area contributed by atoms with Gasteiger partial charge in [0.25, 0.3) is 0 Å². The molecule has 0 heterocycles. The van der Waals surface area contributed by atoms with E-state index in [-0.39, 0.29) is 12.4 Å². The molecule has 1 aromatic carbocycles. The highest BCUT2D eigenvalue weighted by Gasteiger charge is 2.39. The summed E-state index contributed by atoms with van der Waals surface area (Å²) in [6.45, 7) is 4.37. The maximum Gasteiger partial charge on any atom is 0.0409 e. The van der Waals surface area contributed by atoms with E-state index in [1.54, 1.807) is 0 Å². The van der Waals surface area contributed by atoms with Crippen molar-refractivity contribution in [2.45, 2.75) is 32.7 Å². The van der Waals surface area contributed by atoms with Gasteiger partial charge in [-0.2, -0.15) is 0 Å². The summed E-state index contributed by atoms with van der Waals surface area (Å²) in [5, 5.41) is 4.35. The van der Waals surface area contributed by atoms with E-state index in [4.69, 9.17) is 11.6 Å². The lowest BCUT2D eigenvalue weighted by Crippen LogP contribution is -2.23. The Balaban J connectivity index is 0.00000128. The van der Waals surface area contributed by atoms with Crippen LogP contribution in [-0.2, 0) is 6.54 Å². The predicted octanol–water partition coefficient (Wildman–Crippen LogP) is 4.04. The Hall–Kier alpha value is -0.240. The quantitative estimate of drug-likeness (QED) is 0.842. The third-order valence-corrected chi connectivity index (χ3v) is 3.66. The van der Waals surface area contributed by atoms with Gasteiger partial charge in [0.1, 0.15) is 0 Å². The van der Waals surface area contributed by atoms with Gasteiger partial charge in [0, 0.05) is 18.1 Å². The van der Waals surface area contributed by atoms with Gasteiger partial charge in [0.2, 0.25) is 0 Å². The van der Waals surface area contributed by atoms with E-state index in [1.165, 1.54) is 24.8 Å². The lowest BCUT2D eigenvalue weighted by atomic mass is 10.0. The van der Waals surface area contributed by atoms with Gasteiger partial charge >= 0.3 is 0 Å². The first-order chi connectivity index (χ1) is 7.24. The van der Waals surface area contributed by atoms with Gasteiger partial charge in [0.05, 0.1) is 0 Å². The monoisotopic (exact) mass is 259 g/mol. The van der Waals surface area contributed by atoms with Crippen molar-refractivity contribution in [1.82, 2.24) is 5.32 Å². The summed E-state index contributed by atoms with van der Waals surface area (Å²) in [6, 6.07) is 8.07. The summed E-state index contributed by atoms with van der Waals surface area (Å²) in [4.78, 5) is 0. The molecule has 1 nitrogen and oxygen atoms in total. The minimum absolute atomic E-state index is 0. The highest BCUT2D eigenvalue weighted by molar-refractivity contribution is 6.30. The van der Waals surface area contributed by atoms with E-state index < -0.39 is 0 Å². The van der Waals surface area contributed by atoms with Gasteiger partial charge in [0.15, 0.2) is 0 Å². The zero-order valence-electron chi connectivity index (χ0n) is 9.63. The highest BCUT2D eigenvalue weighted by Crippen LogP contribution is 2.47. The first-order valence-corrected chi connectivity index (χ1v) is 6.07. The molecular formula is C13H19Cl2N. The van der Waals surface area contributed by atoms with E-state index in [1.807, 2.05) is 18.2 Å². The molecule has 1 saturated carbocycles. The van der Waals surface area contributed by atoms with Crippen molar-refractivity contribution in [2.24, 2.45) is 5.41 Å². The summed E-state index contributed by atoms with van der Waals surface area (Å²) in [7, 11) is 0. The summed E-state index contributed by atoms with van der Waals surface area (Å²) in [5.74, 6) is 0. The van der Waals surface area contributed by atoms with Crippen molar-refractivity contribution in [3.8, 4) is 0 Å². The van der Waals surface area contributed by atoms with Crippen LogP contribution in [0.2, 0.25) is 5.02 Å². The molecule has 2 rings (SSSR count). The molecule has 1 aliphatic carbocycles. The minimum atomic E-state index is 0. The fourth-order valence-electron chi connectivity index (χ4n) is 1.95. The standard InChI is InChI=1S/C13H18ClN.ClH/c1-2-13(6-7-13)10-15-9-11-4-3-5-12(14)8-11;/h3-5,8,15H,2,6-7,9-10H2,1H3;1H. The third kappa shape index (κ3) is 3.65. The molecule has 0 atom stereocenters. The number of hydrogen-bond acceptors (Lipinski definition) is 1. The Morgan fingerprint density at radius 1 is 1.38 bits per heavy atom. The molecule has 90 valence electrons. The lowest BCUT2D eigenvalue weighted by Gasteiger charge is -2.13. The SMILES string of the molecule is CCC1(CNCc2cccc(Cl)c2)CC1.Cl. The number of benzene rings is 1. The molecule has 0 spiro atoms. The van der Waals surface area contributed by atoms with Crippen molar-refractivity contribution in [3.05, 3.63) is 34.9 Å². The van der Waals surface area contributed by atoms with Crippen LogP contribution in [-0.4, -0.2) is 6.54 Å². The second-order valence-corrected chi connectivity index (χ2v) is 5.02. The van der Waals surface area contributed by atoms with Crippen LogP contribution in [0.15, 0.2) is 24.3 Å². The maximum atomic E-state index is 5.93. The number of nitrogens with one attached hydrogen (secondary N) is 1. The van der Waals surface area contributed by atoms with Gasteiger partial charge in [-0.25, -0.2) is 0 Å². The number of halogens is 2. The first kappa shape index (κ1) is 13.8. The average Bonchev–Trinajstić information content (AvgIpc) is 2.99. The number of hydrogen-bond donors (Lipinski definition) is 1. The third-order valence-electron chi connectivity index (χ3n) is 3.43. The average molecular weight is 260 g/mol. The molecule has 0 aliphatic heterocycles. The Kier molecular flexibility index (Phi) is 5.10. The Bertz CT molecular complexity index is 334. The van der Waals surface area contributed by atoms with Crippen LogP contribution in [0.5, 0.6) is 0 Å². The van der Waals surface area contributed by atoms with Gasteiger partial charge < -0.3 is 5.32 Å². The zero-order valence-corrected chi connectivity index (χ0v) is 11.2. The topological polar surface area (TPSA) is 12.0 Å². The van der Waals surface area contributed by atoms with Crippen LogP contribution < -0.4 is 5.32 Å². The molecule has 1 fully saturated rings. The van der Waals surface area contributed by atoms with Crippen molar-refractivity contribution < 1.29 is 0 Å². The van der Waals surface area contributed by atoms with Gasteiger partial charge in [-0.3, -0.25) is 0 Å². The summed E-state index contributed by atoms with van der Waals surface area (Å²) in [5.41, 5.74) is 1.90. The minimum Gasteiger partial charge on any atom is -0.312 e. The molecule has 0 aromatic heterocycles. The van der Waals surface area contributed by atoms with Gasteiger partial charge in [-0.05, 0) is 42.4 Å². The molecular weight excluding hydrogens is 241 g/mol. The summed E-state index contributed by atoms with van der Waals surface area (Å²) >= 11 is 5.93. The van der Waals surface area contributed by atoms with Crippen LogP contribution in [0.4, 0.5) is 0 Å². The van der Waals surface area contributed by atoms with E-state index in [0.29, 0.717) is 5.41 Å². The second kappa shape index (κ2) is 5.90. The van der Waals surface area contributed by atoms with Crippen molar-refractivity contribution in [2.75, 3.05) is 6.54 Å². The highest BCUT2D eigenvalue weighted by atomic mass is 35.5. The zero-order chi connectivity index (χ0) is 10.7. The van der Waals surface area contributed by atoms with Crippen LogP contribution in [0.1, 0.15) is 31.7 Å². The van der Waals surface area contributed by atoms with E-state index in [0.717, 1.165) is 18.1 Å². The van der Waals surface area contributed by atoms with Crippen molar-refractivity contribution in [3.63, 3.8) is 0 Å². The Morgan fingerprint density at radius 3 is 2.69 bits per heavy atom. The summed E-state index contributed by atoms with van der Waals surface area (Å²) < 4.78 is 0. The van der Waals surface area contributed by atoms with Gasteiger partial charge in [-0.1, -0.05) is 30.7 Å². The number of rotatable bonds is 5. The molecule has 1 aliphatic rings. The fourth-order valence-corrected chi connectivity index (χ4v) is 2.16. The predicted molar refractivity (Wildman–Crippen MR) is 72.4 cm³/mol. The Morgan fingerprint density at radius 2 is 2.12 bits per heavy atom. The van der Waals surface area contributed by atoms with Crippen LogP contribution in [0.25, 0.3) is 0 Å². The molecule has 3 heteroatoms. The molecule has 0 amide bonds. The molecule has 0 unspecified atom stereocenters. The first-order valence-electron chi connectivity index (χ1n) is 5.69. The molecule has 16 heavy (non-hydrogen) atoms. The maximum absolute atomic E-state index is 5.93. The van der Waals surface area contributed by atoms with E-state index in [2.05, 4.69) is 18.3 Å². The fraction of sp³-hybridized carbons (Fsp3) is 0.538. The molecule has 1 N–H and O–H groups in total. The van der Waals surface area contributed by atoms with E-state index in [9.17, 15) is 0 Å². The van der Waals surface area contributed by atoms with Crippen LogP contribution in [0.3, 0.4) is 0 Å². The molecule has 0 radical (unpaired) electrons. The Labute approximate surface area is 109 Å². The summed E-state index contributed by atoms with van der Waals surface area (Å²) in [6.07, 6.45) is 4.09. The largest absolute Gasteiger partial charge is 0.312 e. The van der Waals surface area contributed by atoms with Crippen molar-refractivity contribution in [1.29, 1.82) is 0 Å².